The molecule has 0 aliphatic heterocycles. The third kappa shape index (κ3) is 9.05. The van der Waals surface area contributed by atoms with E-state index in [1.807, 2.05) is 24.0 Å². The molecular weight excluding hydrogens is 466 g/mol. The first kappa shape index (κ1) is 29.5. The summed E-state index contributed by atoms with van der Waals surface area (Å²) < 4.78 is 1.85. The molecule has 1 aliphatic carbocycles. The molecule has 0 spiro atoms. The number of rotatable bonds is 15. The summed E-state index contributed by atoms with van der Waals surface area (Å²) in [4.78, 5) is 2.48. The SMILES string of the molecule is C=C/C(=C\C=C(/C)C1CCCCC1)C(=C)Nc1cc(C)ccc1N(CCCC)CCNCc1ccn(C)n1. The predicted molar refractivity (Wildman–Crippen MR) is 165 cm³/mol. The van der Waals surface area contributed by atoms with Gasteiger partial charge in [0.25, 0.3) is 0 Å². The Bertz CT molecular complexity index is 1100. The molecule has 0 radical (unpaired) electrons. The second-order valence-corrected chi connectivity index (χ2v) is 10.7. The van der Waals surface area contributed by atoms with E-state index in [4.69, 9.17) is 0 Å². The zero-order valence-corrected chi connectivity index (χ0v) is 24.2. The van der Waals surface area contributed by atoms with Gasteiger partial charge < -0.3 is 15.5 Å². The van der Waals surface area contributed by atoms with Crippen LogP contribution in [0.1, 0.15) is 70.1 Å². The first-order valence-corrected chi connectivity index (χ1v) is 14.4. The van der Waals surface area contributed by atoms with E-state index in [2.05, 4.69) is 91.0 Å². The Hall–Kier alpha value is -3.05. The quantitative estimate of drug-likeness (QED) is 0.188. The van der Waals surface area contributed by atoms with E-state index in [0.717, 1.165) is 61.7 Å². The lowest BCUT2D eigenvalue weighted by atomic mass is 9.84. The summed E-state index contributed by atoms with van der Waals surface area (Å²) in [7, 11) is 1.96. The fourth-order valence-corrected chi connectivity index (χ4v) is 5.16. The van der Waals surface area contributed by atoms with Gasteiger partial charge in [-0.25, -0.2) is 0 Å². The number of aryl methyl sites for hydroxylation is 2. The van der Waals surface area contributed by atoms with Crippen LogP contribution >= 0.6 is 0 Å². The smallest absolute Gasteiger partial charge is 0.0762 e. The molecule has 1 fully saturated rings. The average molecular weight is 516 g/mol. The monoisotopic (exact) mass is 515 g/mol. The molecule has 0 saturated heterocycles. The minimum absolute atomic E-state index is 0.717. The van der Waals surface area contributed by atoms with Gasteiger partial charge in [0.2, 0.25) is 0 Å². The highest BCUT2D eigenvalue weighted by Gasteiger charge is 2.15. The van der Waals surface area contributed by atoms with E-state index in [1.165, 1.54) is 48.9 Å². The Labute approximate surface area is 231 Å². The maximum Gasteiger partial charge on any atom is 0.0762 e. The van der Waals surface area contributed by atoms with Crippen molar-refractivity contribution in [2.24, 2.45) is 13.0 Å². The van der Waals surface area contributed by atoms with E-state index in [0.29, 0.717) is 5.92 Å². The Morgan fingerprint density at radius 1 is 1.16 bits per heavy atom. The minimum Gasteiger partial charge on any atom is -0.369 e. The molecule has 5 nitrogen and oxygen atoms in total. The van der Waals surface area contributed by atoms with Crippen molar-refractivity contribution in [3.05, 3.63) is 89.9 Å². The molecule has 5 heteroatoms. The summed E-state index contributed by atoms with van der Waals surface area (Å²) in [5.41, 5.74) is 7.98. The second-order valence-electron chi connectivity index (χ2n) is 10.7. The van der Waals surface area contributed by atoms with E-state index in [9.17, 15) is 0 Å². The molecule has 0 unspecified atom stereocenters. The van der Waals surface area contributed by atoms with Crippen LogP contribution in [0.2, 0.25) is 0 Å². The summed E-state index contributed by atoms with van der Waals surface area (Å²) in [5.74, 6) is 0.717. The fourth-order valence-electron chi connectivity index (χ4n) is 5.16. The first-order valence-electron chi connectivity index (χ1n) is 14.4. The number of nitrogens with zero attached hydrogens (tertiary/aromatic N) is 3. The standard InChI is InChI=1S/C33H49N5/c1-7-9-21-38(23-20-34-25-31-19-22-37(6)36-31)33-18-15-26(3)24-32(33)35-28(5)29(8-2)17-16-27(4)30-13-11-10-12-14-30/h8,15-19,22,24,30,34-35H,2,5,7,9-14,20-21,23,25H2,1,3-4,6H3/b27-16+,29-17+. The second kappa shape index (κ2) is 15.4. The molecule has 2 N–H and O–H groups in total. The lowest BCUT2D eigenvalue weighted by molar-refractivity contribution is 0.403. The molecule has 1 heterocycles. The third-order valence-corrected chi connectivity index (χ3v) is 7.54. The van der Waals surface area contributed by atoms with Crippen LogP contribution in [-0.2, 0) is 13.6 Å². The van der Waals surface area contributed by atoms with Crippen LogP contribution in [0.5, 0.6) is 0 Å². The van der Waals surface area contributed by atoms with E-state index >= 15 is 0 Å². The average Bonchev–Trinajstić information content (AvgIpc) is 3.34. The lowest BCUT2D eigenvalue weighted by Gasteiger charge is -2.28. The molecule has 0 amide bonds. The van der Waals surface area contributed by atoms with Crippen molar-refractivity contribution in [3.8, 4) is 0 Å². The van der Waals surface area contributed by atoms with Crippen LogP contribution in [0.25, 0.3) is 0 Å². The van der Waals surface area contributed by atoms with Crippen molar-refractivity contribution >= 4 is 11.4 Å². The topological polar surface area (TPSA) is 45.1 Å². The van der Waals surface area contributed by atoms with Crippen LogP contribution < -0.4 is 15.5 Å². The Kier molecular flexibility index (Phi) is 11.9. The van der Waals surface area contributed by atoms with Crippen LogP contribution in [0.4, 0.5) is 11.4 Å². The number of hydrogen-bond acceptors (Lipinski definition) is 4. The van der Waals surface area contributed by atoms with Crippen molar-refractivity contribution in [1.82, 2.24) is 15.1 Å². The number of anilines is 2. The van der Waals surface area contributed by atoms with Crippen molar-refractivity contribution in [2.75, 3.05) is 29.9 Å². The van der Waals surface area contributed by atoms with Gasteiger partial charge in [0.15, 0.2) is 0 Å². The highest BCUT2D eigenvalue weighted by Crippen LogP contribution is 2.31. The van der Waals surface area contributed by atoms with Crippen LogP contribution in [0.15, 0.2) is 78.7 Å². The van der Waals surface area contributed by atoms with E-state index < -0.39 is 0 Å². The molecular formula is C33H49N5. The van der Waals surface area contributed by atoms with Crippen LogP contribution in [-0.4, -0.2) is 29.4 Å². The van der Waals surface area contributed by atoms with Crippen molar-refractivity contribution in [2.45, 2.75) is 72.3 Å². The molecule has 1 aliphatic rings. The summed E-state index contributed by atoms with van der Waals surface area (Å²) in [6.45, 7) is 18.7. The van der Waals surface area contributed by atoms with E-state index in [1.54, 1.807) is 0 Å². The van der Waals surface area contributed by atoms with Crippen molar-refractivity contribution in [1.29, 1.82) is 0 Å². The summed E-state index contributed by atoms with van der Waals surface area (Å²) >= 11 is 0. The van der Waals surface area contributed by atoms with Gasteiger partial charge in [-0.15, -0.1) is 0 Å². The predicted octanol–water partition coefficient (Wildman–Crippen LogP) is 7.69. The zero-order chi connectivity index (χ0) is 27.3. The summed E-state index contributed by atoms with van der Waals surface area (Å²) in [5, 5.41) is 11.7. The molecule has 1 aromatic carbocycles. The number of hydrogen-bond donors (Lipinski definition) is 2. The molecule has 1 saturated carbocycles. The molecule has 206 valence electrons. The van der Waals surface area contributed by atoms with Gasteiger partial charge in [-0.05, 0) is 68.4 Å². The van der Waals surface area contributed by atoms with Gasteiger partial charge >= 0.3 is 0 Å². The van der Waals surface area contributed by atoms with Gasteiger partial charge in [-0.3, -0.25) is 4.68 Å². The molecule has 1 aromatic heterocycles. The van der Waals surface area contributed by atoms with Gasteiger partial charge in [-0.2, -0.15) is 5.10 Å². The number of allylic oxidation sites excluding steroid dienone is 4. The highest BCUT2D eigenvalue weighted by molar-refractivity contribution is 5.74. The van der Waals surface area contributed by atoms with Gasteiger partial charge in [0.1, 0.15) is 0 Å². The summed E-state index contributed by atoms with van der Waals surface area (Å²) in [6.07, 6.45) is 17.4. The largest absolute Gasteiger partial charge is 0.369 e. The van der Waals surface area contributed by atoms with E-state index in [-0.39, 0.29) is 0 Å². The van der Waals surface area contributed by atoms with Crippen molar-refractivity contribution in [3.63, 3.8) is 0 Å². The normalized spacial score (nSPS) is 14.9. The third-order valence-electron chi connectivity index (χ3n) is 7.54. The first-order chi connectivity index (χ1) is 18.4. The summed E-state index contributed by atoms with van der Waals surface area (Å²) in [6, 6.07) is 8.73. The maximum absolute atomic E-state index is 4.47. The molecule has 3 rings (SSSR count). The molecule has 38 heavy (non-hydrogen) atoms. The lowest BCUT2D eigenvalue weighted by Crippen LogP contribution is -2.33. The van der Waals surface area contributed by atoms with Crippen LogP contribution in [0.3, 0.4) is 0 Å². The Morgan fingerprint density at radius 3 is 2.63 bits per heavy atom. The minimum atomic E-state index is 0.717. The molecule has 0 bridgehead atoms. The highest BCUT2D eigenvalue weighted by atomic mass is 15.3. The zero-order valence-electron chi connectivity index (χ0n) is 24.2. The Morgan fingerprint density at radius 2 is 1.95 bits per heavy atom. The van der Waals surface area contributed by atoms with Crippen LogP contribution in [0, 0.1) is 12.8 Å². The Balaban J connectivity index is 1.71. The number of aromatic nitrogens is 2. The fraction of sp³-hybridized carbons (Fsp3) is 0.485. The number of benzene rings is 1. The van der Waals surface area contributed by atoms with Gasteiger partial charge in [0, 0.05) is 45.1 Å². The molecule has 0 atom stereocenters. The number of nitrogens with one attached hydrogen (secondary N) is 2. The van der Waals surface area contributed by atoms with Crippen molar-refractivity contribution < 1.29 is 0 Å². The van der Waals surface area contributed by atoms with Gasteiger partial charge in [0.05, 0.1) is 17.1 Å². The van der Waals surface area contributed by atoms with Gasteiger partial charge in [-0.1, -0.05) is 75.6 Å². The molecule has 2 aromatic rings. The maximum atomic E-state index is 4.47. The number of unbranched alkanes of at least 4 members (excludes halogenated alkanes) is 1.